The highest BCUT2D eigenvalue weighted by Gasteiger charge is 2.10. The first-order valence-electron chi connectivity index (χ1n) is 5.97. The Bertz CT molecular complexity index is 327. The molecule has 2 nitrogen and oxygen atoms in total. The lowest BCUT2D eigenvalue weighted by molar-refractivity contribution is 0.0323. The van der Waals surface area contributed by atoms with Gasteiger partial charge in [0.2, 0.25) is 0 Å². The van der Waals surface area contributed by atoms with Crippen LogP contribution in [0.2, 0.25) is 0 Å². The van der Waals surface area contributed by atoms with Crippen molar-refractivity contribution in [3.63, 3.8) is 0 Å². The molecular weight excluding hydrogens is 200 g/mol. The van der Waals surface area contributed by atoms with E-state index in [1.807, 2.05) is 31.2 Å². The lowest BCUT2D eigenvalue weighted by Crippen LogP contribution is -2.14. The maximum atomic E-state index is 11.7. The molecule has 0 aliphatic rings. The first kappa shape index (κ1) is 12.8. The molecule has 1 aromatic carbocycles. The molecule has 1 aromatic rings. The third kappa shape index (κ3) is 3.69. The zero-order chi connectivity index (χ0) is 12.0. The predicted molar refractivity (Wildman–Crippen MR) is 65.6 cm³/mol. The molecule has 0 aliphatic heterocycles. The molecule has 0 radical (unpaired) electrons. The highest BCUT2D eigenvalue weighted by molar-refractivity contribution is 5.89. The van der Waals surface area contributed by atoms with E-state index in [9.17, 15) is 4.79 Å². The Hall–Kier alpha value is -1.31. The number of hydrogen-bond acceptors (Lipinski definition) is 2. The Labute approximate surface area is 97.6 Å². The van der Waals surface area contributed by atoms with Crippen molar-refractivity contribution in [3.8, 4) is 0 Å². The fraction of sp³-hybridized carbons (Fsp3) is 0.500. The lowest BCUT2D eigenvalue weighted by Gasteiger charge is -2.12. The normalized spacial score (nSPS) is 12.2. The van der Waals surface area contributed by atoms with Crippen molar-refractivity contribution < 1.29 is 9.53 Å². The molecule has 1 unspecified atom stereocenters. The molecule has 0 heterocycles. The topological polar surface area (TPSA) is 26.3 Å². The van der Waals surface area contributed by atoms with Crippen molar-refractivity contribution in [2.24, 2.45) is 0 Å². The minimum absolute atomic E-state index is 0.00310. The standard InChI is InChI=1S/C14H20O2/c1-4-6-11(3)16-14(15)13-9-7-12(5-2)8-10-13/h7-11H,4-6H2,1-3H3. The van der Waals surface area contributed by atoms with Gasteiger partial charge in [0.15, 0.2) is 0 Å². The van der Waals surface area contributed by atoms with Crippen molar-refractivity contribution >= 4 is 5.97 Å². The monoisotopic (exact) mass is 220 g/mol. The predicted octanol–water partition coefficient (Wildman–Crippen LogP) is 3.59. The highest BCUT2D eigenvalue weighted by Crippen LogP contribution is 2.09. The van der Waals surface area contributed by atoms with E-state index in [0.717, 1.165) is 19.3 Å². The lowest BCUT2D eigenvalue weighted by atomic mass is 10.1. The third-order valence-electron chi connectivity index (χ3n) is 2.60. The first-order valence-corrected chi connectivity index (χ1v) is 5.97. The van der Waals surface area contributed by atoms with Crippen LogP contribution in [0, 0.1) is 0 Å². The molecule has 0 bridgehead atoms. The van der Waals surface area contributed by atoms with Gasteiger partial charge in [-0.2, -0.15) is 0 Å². The van der Waals surface area contributed by atoms with Gasteiger partial charge in [-0.3, -0.25) is 0 Å². The molecule has 16 heavy (non-hydrogen) atoms. The fourth-order valence-corrected chi connectivity index (χ4v) is 1.59. The average Bonchev–Trinajstić information content (AvgIpc) is 2.29. The second-order valence-corrected chi connectivity index (χ2v) is 4.06. The Morgan fingerprint density at radius 2 is 1.88 bits per heavy atom. The number of rotatable bonds is 5. The van der Waals surface area contributed by atoms with Crippen LogP contribution < -0.4 is 0 Å². The number of ether oxygens (including phenoxy) is 1. The molecule has 0 fully saturated rings. The fourth-order valence-electron chi connectivity index (χ4n) is 1.59. The van der Waals surface area contributed by atoms with Gasteiger partial charge in [0, 0.05) is 0 Å². The summed E-state index contributed by atoms with van der Waals surface area (Å²) in [6.45, 7) is 6.11. The van der Waals surface area contributed by atoms with Crippen LogP contribution in [0.1, 0.15) is 49.5 Å². The van der Waals surface area contributed by atoms with Gasteiger partial charge >= 0.3 is 5.97 Å². The smallest absolute Gasteiger partial charge is 0.338 e. The molecule has 0 saturated carbocycles. The number of hydrogen-bond donors (Lipinski definition) is 0. The second kappa shape index (κ2) is 6.31. The second-order valence-electron chi connectivity index (χ2n) is 4.06. The summed E-state index contributed by atoms with van der Waals surface area (Å²) in [6.07, 6.45) is 2.94. The molecule has 88 valence electrons. The maximum Gasteiger partial charge on any atom is 0.338 e. The van der Waals surface area contributed by atoms with E-state index in [1.54, 1.807) is 0 Å². The van der Waals surface area contributed by atoms with Crippen LogP contribution in [-0.4, -0.2) is 12.1 Å². The SMILES string of the molecule is CCCC(C)OC(=O)c1ccc(CC)cc1. The summed E-state index contributed by atoms with van der Waals surface area (Å²) in [6, 6.07) is 7.61. The quantitative estimate of drug-likeness (QED) is 0.709. The number of carbonyl (C=O) groups is 1. The summed E-state index contributed by atoms with van der Waals surface area (Å²) in [7, 11) is 0. The van der Waals surface area contributed by atoms with Gasteiger partial charge < -0.3 is 4.74 Å². The van der Waals surface area contributed by atoms with E-state index < -0.39 is 0 Å². The van der Waals surface area contributed by atoms with E-state index >= 15 is 0 Å². The molecule has 1 rings (SSSR count). The zero-order valence-corrected chi connectivity index (χ0v) is 10.3. The number of esters is 1. The molecule has 0 aliphatic carbocycles. The van der Waals surface area contributed by atoms with Crippen LogP contribution >= 0.6 is 0 Å². The Morgan fingerprint density at radius 3 is 2.38 bits per heavy atom. The largest absolute Gasteiger partial charge is 0.459 e. The van der Waals surface area contributed by atoms with Crippen molar-refractivity contribution in [2.75, 3.05) is 0 Å². The van der Waals surface area contributed by atoms with E-state index in [0.29, 0.717) is 5.56 Å². The first-order chi connectivity index (χ1) is 7.67. The zero-order valence-electron chi connectivity index (χ0n) is 10.3. The molecule has 0 aromatic heterocycles. The van der Waals surface area contributed by atoms with Gasteiger partial charge in [-0.15, -0.1) is 0 Å². The molecule has 1 atom stereocenters. The number of benzene rings is 1. The van der Waals surface area contributed by atoms with Crippen molar-refractivity contribution in [1.82, 2.24) is 0 Å². The number of aryl methyl sites for hydroxylation is 1. The van der Waals surface area contributed by atoms with Crippen molar-refractivity contribution in [3.05, 3.63) is 35.4 Å². The Balaban J connectivity index is 2.59. The summed E-state index contributed by atoms with van der Waals surface area (Å²) >= 11 is 0. The van der Waals surface area contributed by atoms with Gasteiger partial charge in [0.05, 0.1) is 11.7 Å². The van der Waals surface area contributed by atoms with Crippen LogP contribution in [0.15, 0.2) is 24.3 Å². The summed E-state index contributed by atoms with van der Waals surface area (Å²) in [5.41, 5.74) is 1.87. The minimum Gasteiger partial charge on any atom is -0.459 e. The van der Waals surface area contributed by atoms with Gasteiger partial charge in [0.25, 0.3) is 0 Å². The summed E-state index contributed by atoms with van der Waals surface area (Å²) in [5, 5.41) is 0. The summed E-state index contributed by atoms with van der Waals surface area (Å²) in [4.78, 5) is 11.7. The maximum absolute atomic E-state index is 11.7. The van der Waals surface area contributed by atoms with E-state index in [2.05, 4.69) is 13.8 Å². The Morgan fingerprint density at radius 1 is 1.25 bits per heavy atom. The molecule has 0 saturated heterocycles. The summed E-state index contributed by atoms with van der Waals surface area (Å²) < 4.78 is 5.31. The highest BCUT2D eigenvalue weighted by atomic mass is 16.5. The summed E-state index contributed by atoms with van der Waals surface area (Å²) in [5.74, 6) is -0.219. The third-order valence-corrected chi connectivity index (χ3v) is 2.60. The van der Waals surface area contributed by atoms with Crippen LogP contribution in [-0.2, 0) is 11.2 Å². The van der Waals surface area contributed by atoms with Crippen LogP contribution in [0.25, 0.3) is 0 Å². The molecule has 0 amide bonds. The van der Waals surface area contributed by atoms with Crippen LogP contribution in [0.5, 0.6) is 0 Å². The van der Waals surface area contributed by atoms with Crippen LogP contribution in [0.4, 0.5) is 0 Å². The van der Waals surface area contributed by atoms with Gasteiger partial charge in [-0.25, -0.2) is 4.79 Å². The average molecular weight is 220 g/mol. The molecule has 2 heteroatoms. The van der Waals surface area contributed by atoms with Gasteiger partial charge in [-0.1, -0.05) is 32.4 Å². The molecule has 0 spiro atoms. The van der Waals surface area contributed by atoms with E-state index in [4.69, 9.17) is 4.74 Å². The van der Waals surface area contributed by atoms with E-state index in [1.165, 1.54) is 5.56 Å². The molecule has 0 N–H and O–H groups in total. The van der Waals surface area contributed by atoms with Crippen molar-refractivity contribution in [1.29, 1.82) is 0 Å². The number of carbonyl (C=O) groups excluding carboxylic acids is 1. The van der Waals surface area contributed by atoms with Gasteiger partial charge in [-0.05, 0) is 37.5 Å². The molecular formula is C14H20O2. The Kier molecular flexibility index (Phi) is 5.03. The van der Waals surface area contributed by atoms with E-state index in [-0.39, 0.29) is 12.1 Å². The van der Waals surface area contributed by atoms with Crippen molar-refractivity contribution in [2.45, 2.75) is 46.1 Å². The van der Waals surface area contributed by atoms with Gasteiger partial charge in [0.1, 0.15) is 0 Å². The minimum atomic E-state index is -0.219. The van der Waals surface area contributed by atoms with Crippen LogP contribution in [0.3, 0.4) is 0 Å².